The van der Waals surface area contributed by atoms with Gasteiger partial charge in [-0.2, -0.15) is 0 Å². The molecule has 0 spiro atoms. The van der Waals surface area contributed by atoms with Gasteiger partial charge in [0, 0.05) is 11.6 Å². The van der Waals surface area contributed by atoms with Gasteiger partial charge in [-0.05, 0) is 39.6 Å². The summed E-state index contributed by atoms with van der Waals surface area (Å²) in [6, 6.07) is 3.81. The van der Waals surface area contributed by atoms with E-state index in [1.165, 1.54) is 11.5 Å². The molecule has 2 heterocycles. The molecule has 0 aromatic carbocycles. The predicted molar refractivity (Wildman–Crippen MR) is 59.2 cm³/mol. The van der Waals surface area contributed by atoms with Crippen molar-refractivity contribution >= 4 is 33.3 Å². The standard InChI is InChI=1S/C8H7BrN4S/c9-7-2-1-3-10-8(7)11-4-6-5-14-13-12-6/h1-3,5H,4H2,(H,10,11). The Labute approximate surface area is 93.7 Å². The monoisotopic (exact) mass is 270 g/mol. The second kappa shape index (κ2) is 4.47. The zero-order valence-electron chi connectivity index (χ0n) is 7.14. The van der Waals surface area contributed by atoms with Crippen LogP contribution in [0.3, 0.4) is 0 Å². The Morgan fingerprint density at radius 1 is 1.50 bits per heavy atom. The maximum absolute atomic E-state index is 4.17. The molecule has 0 saturated carbocycles. The fourth-order valence-electron chi connectivity index (χ4n) is 0.951. The molecule has 72 valence electrons. The van der Waals surface area contributed by atoms with Gasteiger partial charge >= 0.3 is 0 Å². The lowest BCUT2D eigenvalue weighted by atomic mass is 10.4. The molecule has 0 aliphatic rings. The van der Waals surface area contributed by atoms with Gasteiger partial charge < -0.3 is 5.32 Å². The highest BCUT2D eigenvalue weighted by atomic mass is 79.9. The molecule has 6 heteroatoms. The van der Waals surface area contributed by atoms with E-state index in [1.807, 2.05) is 17.5 Å². The Bertz CT molecular complexity index is 403. The molecule has 0 fully saturated rings. The summed E-state index contributed by atoms with van der Waals surface area (Å²) in [5, 5.41) is 8.99. The van der Waals surface area contributed by atoms with Crippen molar-refractivity contribution in [1.29, 1.82) is 0 Å². The number of hydrogen-bond donors (Lipinski definition) is 1. The van der Waals surface area contributed by atoms with Gasteiger partial charge in [0.1, 0.15) is 5.82 Å². The quantitative estimate of drug-likeness (QED) is 0.930. The number of anilines is 1. The van der Waals surface area contributed by atoms with Crippen LogP contribution in [0.1, 0.15) is 5.69 Å². The summed E-state index contributed by atoms with van der Waals surface area (Å²) in [7, 11) is 0. The Kier molecular flexibility index (Phi) is 3.05. The second-order valence-corrected chi connectivity index (χ2v) is 4.05. The molecule has 0 unspecified atom stereocenters. The molecule has 2 rings (SSSR count). The topological polar surface area (TPSA) is 50.7 Å². The van der Waals surface area contributed by atoms with Gasteiger partial charge in [-0.1, -0.05) is 4.49 Å². The molecule has 0 aliphatic carbocycles. The molecule has 0 amide bonds. The summed E-state index contributed by atoms with van der Waals surface area (Å²) in [6.45, 7) is 0.645. The van der Waals surface area contributed by atoms with Gasteiger partial charge in [0.2, 0.25) is 0 Å². The molecule has 0 bridgehead atoms. The van der Waals surface area contributed by atoms with Crippen molar-refractivity contribution in [3.63, 3.8) is 0 Å². The summed E-state index contributed by atoms with van der Waals surface area (Å²) in [6.07, 6.45) is 1.74. The second-order valence-electron chi connectivity index (χ2n) is 2.58. The largest absolute Gasteiger partial charge is 0.363 e. The molecule has 2 aromatic rings. The smallest absolute Gasteiger partial charge is 0.140 e. The minimum Gasteiger partial charge on any atom is -0.363 e. The van der Waals surface area contributed by atoms with Crippen LogP contribution in [0.4, 0.5) is 5.82 Å². The minimum atomic E-state index is 0.645. The molecule has 2 aromatic heterocycles. The van der Waals surface area contributed by atoms with E-state index in [4.69, 9.17) is 0 Å². The van der Waals surface area contributed by atoms with Crippen LogP contribution < -0.4 is 5.32 Å². The predicted octanol–water partition coefficient (Wildman–Crippen LogP) is 2.31. The molecule has 0 aliphatic heterocycles. The van der Waals surface area contributed by atoms with Gasteiger partial charge in [0.25, 0.3) is 0 Å². The highest BCUT2D eigenvalue weighted by molar-refractivity contribution is 9.10. The van der Waals surface area contributed by atoms with Crippen molar-refractivity contribution in [1.82, 2.24) is 14.6 Å². The fourth-order valence-corrected chi connectivity index (χ4v) is 1.80. The lowest BCUT2D eigenvalue weighted by Gasteiger charge is -2.04. The average molecular weight is 271 g/mol. The van der Waals surface area contributed by atoms with Gasteiger partial charge in [-0.25, -0.2) is 4.98 Å². The summed E-state index contributed by atoms with van der Waals surface area (Å²) >= 11 is 4.75. The van der Waals surface area contributed by atoms with Crippen molar-refractivity contribution in [3.8, 4) is 0 Å². The minimum absolute atomic E-state index is 0.645. The average Bonchev–Trinajstić information content (AvgIpc) is 2.69. The molecule has 0 atom stereocenters. The number of hydrogen-bond acceptors (Lipinski definition) is 5. The van der Waals surface area contributed by atoms with Gasteiger partial charge in [0.15, 0.2) is 0 Å². The molecular weight excluding hydrogens is 264 g/mol. The number of nitrogens with one attached hydrogen (secondary N) is 1. The maximum Gasteiger partial charge on any atom is 0.140 e. The van der Waals surface area contributed by atoms with E-state index in [2.05, 4.69) is 35.8 Å². The normalized spacial score (nSPS) is 10.1. The van der Waals surface area contributed by atoms with Crippen LogP contribution in [0.15, 0.2) is 28.2 Å². The Hall–Kier alpha value is -1.01. The van der Waals surface area contributed by atoms with Gasteiger partial charge in [0.05, 0.1) is 16.7 Å². The lowest BCUT2D eigenvalue weighted by Crippen LogP contribution is -2.01. The first kappa shape index (κ1) is 9.54. The van der Waals surface area contributed by atoms with Crippen LogP contribution in [-0.2, 0) is 6.54 Å². The zero-order chi connectivity index (χ0) is 9.80. The van der Waals surface area contributed by atoms with E-state index in [0.717, 1.165) is 16.0 Å². The summed E-state index contributed by atoms with van der Waals surface area (Å²) < 4.78 is 4.72. The first-order valence-electron chi connectivity index (χ1n) is 3.96. The molecule has 4 nitrogen and oxygen atoms in total. The van der Waals surface area contributed by atoms with Crippen molar-refractivity contribution in [2.75, 3.05) is 5.32 Å². The Morgan fingerprint density at radius 3 is 3.14 bits per heavy atom. The molecular formula is C8H7BrN4S. The van der Waals surface area contributed by atoms with E-state index >= 15 is 0 Å². The van der Waals surface area contributed by atoms with Gasteiger partial charge in [-0.3, -0.25) is 0 Å². The number of nitrogens with zero attached hydrogens (tertiary/aromatic N) is 3. The van der Waals surface area contributed by atoms with Crippen molar-refractivity contribution in [2.24, 2.45) is 0 Å². The third-order valence-corrected chi connectivity index (χ3v) is 2.79. The van der Waals surface area contributed by atoms with Crippen LogP contribution in [0, 0.1) is 0 Å². The molecule has 0 saturated heterocycles. The van der Waals surface area contributed by atoms with Crippen molar-refractivity contribution in [3.05, 3.63) is 33.9 Å². The summed E-state index contributed by atoms with van der Waals surface area (Å²) in [4.78, 5) is 4.17. The Morgan fingerprint density at radius 2 is 2.43 bits per heavy atom. The zero-order valence-corrected chi connectivity index (χ0v) is 9.55. The van der Waals surface area contributed by atoms with E-state index in [0.29, 0.717) is 6.54 Å². The van der Waals surface area contributed by atoms with E-state index < -0.39 is 0 Å². The van der Waals surface area contributed by atoms with E-state index in [9.17, 15) is 0 Å². The van der Waals surface area contributed by atoms with Crippen LogP contribution >= 0.6 is 27.5 Å². The highest BCUT2D eigenvalue weighted by Crippen LogP contribution is 2.18. The molecule has 14 heavy (non-hydrogen) atoms. The summed E-state index contributed by atoms with van der Waals surface area (Å²) in [5.74, 6) is 0.820. The van der Waals surface area contributed by atoms with Crippen molar-refractivity contribution in [2.45, 2.75) is 6.54 Å². The van der Waals surface area contributed by atoms with Crippen LogP contribution in [-0.4, -0.2) is 14.6 Å². The van der Waals surface area contributed by atoms with Crippen LogP contribution in [0.2, 0.25) is 0 Å². The van der Waals surface area contributed by atoms with Crippen LogP contribution in [0.5, 0.6) is 0 Å². The SMILES string of the molecule is Brc1cccnc1NCc1csnn1. The van der Waals surface area contributed by atoms with E-state index in [-0.39, 0.29) is 0 Å². The molecule has 0 radical (unpaired) electrons. The molecule has 1 N–H and O–H groups in total. The van der Waals surface area contributed by atoms with Gasteiger partial charge in [-0.15, -0.1) is 5.10 Å². The summed E-state index contributed by atoms with van der Waals surface area (Å²) in [5.41, 5.74) is 0.924. The number of pyridine rings is 1. The van der Waals surface area contributed by atoms with E-state index in [1.54, 1.807) is 6.20 Å². The maximum atomic E-state index is 4.17. The first-order chi connectivity index (χ1) is 6.86. The Balaban J connectivity index is 2.02. The van der Waals surface area contributed by atoms with Crippen molar-refractivity contribution < 1.29 is 0 Å². The highest BCUT2D eigenvalue weighted by Gasteiger charge is 2.00. The lowest BCUT2D eigenvalue weighted by molar-refractivity contribution is 0.988. The third-order valence-electron chi connectivity index (χ3n) is 1.60. The number of aromatic nitrogens is 3. The van der Waals surface area contributed by atoms with Crippen LogP contribution in [0.25, 0.3) is 0 Å². The third kappa shape index (κ3) is 2.27. The number of rotatable bonds is 3. The fraction of sp³-hybridized carbons (Fsp3) is 0.125. The number of halogens is 1. The first-order valence-corrected chi connectivity index (χ1v) is 5.59.